The number of likely N-dealkylation sites (tertiary alicyclic amines) is 2. The van der Waals surface area contributed by atoms with Gasteiger partial charge in [0, 0.05) is 13.1 Å². The van der Waals surface area contributed by atoms with Crippen molar-refractivity contribution in [3.05, 3.63) is 0 Å². The minimum Gasteiger partial charge on any atom is -0.480 e. The number of hydrogen-bond acceptors (Lipinski definition) is 3. The Labute approximate surface area is 114 Å². The second-order valence-corrected chi connectivity index (χ2v) is 5.60. The molecule has 1 amide bonds. The van der Waals surface area contributed by atoms with Gasteiger partial charge in [-0.25, -0.2) is 0 Å². The molecule has 0 aliphatic carbocycles. The highest BCUT2D eigenvalue weighted by Gasteiger charge is 2.30. The summed E-state index contributed by atoms with van der Waals surface area (Å²) in [6.07, 6.45) is 6.67. The number of rotatable bonds is 4. The highest BCUT2D eigenvalue weighted by atomic mass is 16.4. The molecule has 0 bridgehead atoms. The number of carboxylic acids is 1. The lowest BCUT2D eigenvalue weighted by molar-refractivity contribution is -0.148. The summed E-state index contributed by atoms with van der Waals surface area (Å²) in [6, 6.07) is -0.630. The Morgan fingerprint density at radius 3 is 1.95 bits per heavy atom. The van der Waals surface area contributed by atoms with E-state index in [1.54, 1.807) is 0 Å². The van der Waals surface area contributed by atoms with E-state index in [4.69, 9.17) is 0 Å². The van der Waals surface area contributed by atoms with E-state index in [0.717, 1.165) is 51.9 Å². The smallest absolute Gasteiger partial charge is 0.321 e. The summed E-state index contributed by atoms with van der Waals surface area (Å²) in [7, 11) is 0. The van der Waals surface area contributed by atoms with Gasteiger partial charge in [-0.2, -0.15) is 0 Å². The van der Waals surface area contributed by atoms with Gasteiger partial charge in [0.15, 0.2) is 0 Å². The van der Waals surface area contributed by atoms with Gasteiger partial charge in [-0.05, 0) is 45.2 Å². The van der Waals surface area contributed by atoms with Crippen LogP contribution in [0.1, 0.15) is 44.9 Å². The average molecular weight is 268 g/mol. The van der Waals surface area contributed by atoms with Crippen LogP contribution in [0.5, 0.6) is 0 Å². The zero-order valence-corrected chi connectivity index (χ0v) is 11.5. The van der Waals surface area contributed by atoms with Gasteiger partial charge in [-0.15, -0.1) is 0 Å². The van der Waals surface area contributed by atoms with Crippen molar-refractivity contribution in [2.45, 2.75) is 51.0 Å². The minimum atomic E-state index is -0.854. The molecule has 0 unspecified atom stereocenters. The Kier molecular flexibility index (Phi) is 5.19. The maximum absolute atomic E-state index is 12.2. The summed E-state index contributed by atoms with van der Waals surface area (Å²) in [5, 5.41) is 9.36. The summed E-state index contributed by atoms with van der Waals surface area (Å²) >= 11 is 0. The molecule has 19 heavy (non-hydrogen) atoms. The zero-order chi connectivity index (χ0) is 13.7. The second kappa shape index (κ2) is 6.89. The largest absolute Gasteiger partial charge is 0.480 e. The first-order valence-corrected chi connectivity index (χ1v) is 7.43. The molecule has 2 rings (SSSR count). The van der Waals surface area contributed by atoms with Crippen LogP contribution in [-0.2, 0) is 9.59 Å². The standard InChI is InChI=1S/C14H24N2O3/c17-13(16-9-5-2-6-10-16)11-12(14(18)19)15-7-3-1-4-8-15/h12H,1-11H2,(H,18,19)/t12-/m0/s1. The molecular formula is C14H24N2O3. The molecule has 2 aliphatic rings. The average Bonchev–Trinajstić information content (AvgIpc) is 2.46. The fourth-order valence-electron chi connectivity index (χ4n) is 3.04. The zero-order valence-electron chi connectivity index (χ0n) is 11.5. The number of carbonyl (C=O) groups is 2. The molecule has 0 aromatic rings. The number of hydrogen-bond donors (Lipinski definition) is 1. The highest BCUT2D eigenvalue weighted by Crippen LogP contribution is 2.17. The van der Waals surface area contributed by atoms with E-state index in [1.165, 1.54) is 12.8 Å². The van der Waals surface area contributed by atoms with Gasteiger partial charge in [0.2, 0.25) is 5.91 Å². The van der Waals surface area contributed by atoms with E-state index in [2.05, 4.69) is 0 Å². The maximum Gasteiger partial charge on any atom is 0.321 e. The lowest BCUT2D eigenvalue weighted by Crippen LogP contribution is -2.48. The summed E-state index contributed by atoms with van der Waals surface area (Å²) in [6.45, 7) is 3.21. The first-order valence-electron chi connectivity index (χ1n) is 7.43. The molecule has 2 aliphatic heterocycles. The van der Waals surface area contributed by atoms with Crippen LogP contribution in [0.3, 0.4) is 0 Å². The molecule has 5 nitrogen and oxygen atoms in total. The minimum absolute atomic E-state index is 0.0117. The quantitative estimate of drug-likeness (QED) is 0.835. The highest BCUT2D eigenvalue weighted by molar-refractivity contribution is 5.84. The molecule has 108 valence electrons. The van der Waals surface area contributed by atoms with Gasteiger partial charge in [-0.1, -0.05) is 6.42 Å². The third-order valence-corrected chi connectivity index (χ3v) is 4.19. The van der Waals surface area contributed by atoms with Crippen molar-refractivity contribution in [2.24, 2.45) is 0 Å². The normalized spacial score (nSPS) is 23.1. The van der Waals surface area contributed by atoms with Crippen LogP contribution in [0, 0.1) is 0 Å². The van der Waals surface area contributed by atoms with Crippen molar-refractivity contribution < 1.29 is 14.7 Å². The predicted molar refractivity (Wildman–Crippen MR) is 71.9 cm³/mol. The van der Waals surface area contributed by atoms with E-state index >= 15 is 0 Å². The number of carboxylic acid groups (broad SMARTS) is 1. The number of nitrogens with zero attached hydrogens (tertiary/aromatic N) is 2. The number of aliphatic carboxylic acids is 1. The van der Waals surface area contributed by atoms with Crippen LogP contribution < -0.4 is 0 Å². The van der Waals surface area contributed by atoms with Crippen molar-refractivity contribution in [3.8, 4) is 0 Å². The van der Waals surface area contributed by atoms with Gasteiger partial charge < -0.3 is 10.0 Å². The van der Waals surface area contributed by atoms with Crippen LogP contribution in [0.15, 0.2) is 0 Å². The topological polar surface area (TPSA) is 60.9 Å². The molecule has 0 saturated carbocycles. The van der Waals surface area contributed by atoms with Crippen molar-refractivity contribution in [1.82, 2.24) is 9.80 Å². The lowest BCUT2D eigenvalue weighted by Gasteiger charge is -2.33. The monoisotopic (exact) mass is 268 g/mol. The third-order valence-electron chi connectivity index (χ3n) is 4.19. The van der Waals surface area contributed by atoms with E-state index in [0.29, 0.717) is 0 Å². The van der Waals surface area contributed by atoms with E-state index in [-0.39, 0.29) is 12.3 Å². The van der Waals surface area contributed by atoms with Crippen LogP contribution >= 0.6 is 0 Å². The Morgan fingerprint density at radius 1 is 0.895 bits per heavy atom. The molecule has 1 N–H and O–H groups in total. The Morgan fingerprint density at radius 2 is 1.42 bits per heavy atom. The summed E-state index contributed by atoms with van der Waals surface area (Å²) < 4.78 is 0. The van der Waals surface area contributed by atoms with Gasteiger partial charge in [0.05, 0.1) is 6.42 Å². The van der Waals surface area contributed by atoms with Crippen molar-refractivity contribution in [1.29, 1.82) is 0 Å². The van der Waals surface area contributed by atoms with Gasteiger partial charge in [0.25, 0.3) is 0 Å². The van der Waals surface area contributed by atoms with Crippen molar-refractivity contribution in [3.63, 3.8) is 0 Å². The molecule has 0 spiro atoms. The first kappa shape index (κ1) is 14.3. The third kappa shape index (κ3) is 3.93. The van der Waals surface area contributed by atoms with Crippen LogP contribution in [-0.4, -0.2) is 59.0 Å². The molecule has 1 atom stereocenters. The van der Waals surface area contributed by atoms with Crippen molar-refractivity contribution >= 4 is 11.9 Å². The van der Waals surface area contributed by atoms with Crippen LogP contribution in [0.2, 0.25) is 0 Å². The van der Waals surface area contributed by atoms with E-state index in [1.807, 2.05) is 9.80 Å². The molecule has 2 saturated heterocycles. The molecule has 0 aromatic heterocycles. The second-order valence-electron chi connectivity index (χ2n) is 5.60. The van der Waals surface area contributed by atoms with Gasteiger partial charge in [-0.3, -0.25) is 14.5 Å². The van der Waals surface area contributed by atoms with E-state index < -0.39 is 12.0 Å². The lowest BCUT2D eigenvalue weighted by atomic mass is 10.0. The maximum atomic E-state index is 12.2. The Balaban J connectivity index is 1.91. The summed E-state index contributed by atoms with van der Waals surface area (Å²) in [4.78, 5) is 27.4. The molecule has 2 heterocycles. The SMILES string of the molecule is O=C(O)[C@H](CC(=O)N1CCCCC1)N1CCCCC1. The number of piperidine rings is 2. The summed E-state index contributed by atoms with van der Waals surface area (Å²) in [5.41, 5.74) is 0. The number of amides is 1. The fraction of sp³-hybridized carbons (Fsp3) is 0.857. The molecule has 0 radical (unpaired) electrons. The molecule has 2 fully saturated rings. The summed E-state index contributed by atoms with van der Waals surface area (Å²) in [5.74, 6) is -0.843. The number of carbonyl (C=O) groups excluding carboxylic acids is 1. The molecule has 5 heteroatoms. The Hall–Kier alpha value is -1.10. The van der Waals surface area contributed by atoms with Crippen LogP contribution in [0.4, 0.5) is 0 Å². The van der Waals surface area contributed by atoms with E-state index in [9.17, 15) is 14.7 Å². The predicted octanol–water partition coefficient (Wildman–Crippen LogP) is 1.33. The molecule has 0 aromatic carbocycles. The van der Waals surface area contributed by atoms with Gasteiger partial charge in [0.1, 0.15) is 6.04 Å². The van der Waals surface area contributed by atoms with Crippen molar-refractivity contribution in [2.75, 3.05) is 26.2 Å². The van der Waals surface area contributed by atoms with Crippen LogP contribution in [0.25, 0.3) is 0 Å². The first-order chi connectivity index (χ1) is 9.18. The Bertz CT molecular complexity index is 321. The molecular weight excluding hydrogens is 244 g/mol. The fourth-order valence-corrected chi connectivity index (χ4v) is 3.04. The van der Waals surface area contributed by atoms with Gasteiger partial charge >= 0.3 is 5.97 Å².